The predicted molar refractivity (Wildman–Crippen MR) is 98.8 cm³/mol. The van der Waals surface area contributed by atoms with Crippen molar-refractivity contribution in [1.29, 1.82) is 0 Å². The first-order valence-electron chi connectivity index (χ1n) is 8.40. The van der Waals surface area contributed by atoms with E-state index in [0.717, 1.165) is 43.7 Å². The number of amides is 1. The van der Waals surface area contributed by atoms with Gasteiger partial charge in [0.1, 0.15) is 0 Å². The van der Waals surface area contributed by atoms with Crippen LogP contribution in [0.25, 0.3) is 0 Å². The molecular formula is C18H22ClNO5S. The van der Waals surface area contributed by atoms with Gasteiger partial charge in [-0.25, -0.2) is 13.2 Å². The highest BCUT2D eigenvalue weighted by molar-refractivity contribution is 7.90. The summed E-state index contributed by atoms with van der Waals surface area (Å²) in [5, 5.41) is 0.0668. The van der Waals surface area contributed by atoms with Crippen molar-refractivity contribution in [2.24, 2.45) is 0 Å². The van der Waals surface area contributed by atoms with Crippen LogP contribution in [0, 0.1) is 0 Å². The number of ether oxygens (including phenoxy) is 1. The van der Waals surface area contributed by atoms with Gasteiger partial charge in [0.05, 0.1) is 15.5 Å². The van der Waals surface area contributed by atoms with Gasteiger partial charge >= 0.3 is 5.97 Å². The Morgan fingerprint density at radius 3 is 2.58 bits per heavy atom. The average molecular weight is 400 g/mol. The summed E-state index contributed by atoms with van der Waals surface area (Å²) in [5.74, 6) is -1.15. The number of likely N-dealkylation sites (N-methyl/N-ethyl adjacent to an activating group) is 1. The molecule has 6 nitrogen and oxygen atoms in total. The number of sulfone groups is 1. The fraction of sp³-hybridized carbons (Fsp3) is 0.444. The summed E-state index contributed by atoms with van der Waals surface area (Å²) < 4.78 is 28.3. The van der Waals surface area contributed by atoms with Crippen LogP contribution >= 0.6 is 11.6 Å². The van der Waals surface area contributed by atoms with E-state index in [4.69, 9.17) is 16.3 Å². The number of allylic oxidation sites excluding steroid dienone is 2. The molecule has 1 aromatic carbocycles. The Hall–Kier alpha value is -1.86. The molecule has 0 spiro atoms. The minimum atomic E-state index is -3.49. The third kappa shape index (κ3) is 5.08. The summed E-state index contributed by atoms with van der Waals surface area (Å²) in [4.78, 5) is 26.2. The lowest BCUT2D eigenvalue weighted by Crippen LogP contribution is -2.34. The molecule has 0 radical (unpaired) electrons. The molecule has 0 fully saturated rings. The molecule has 0 saturated heterocycles. The number of esters is 1. The van der Waals surface area contributed by atoms with Gasteiger partial charge in [-0.15, -0.1) is 0 Å². The largest absolute Gasteiger partial charge is 0.452 e. The van der Waals surface area contributed by atoms with Crippen molar-refractivity contribution in [1.82, 2.24) is 4.90 Å². The molecule has 2 rings (SSSR count). The zero-order chi connectivity index (χ0) is 19.3. The van der Waals surface area contributed by atoms with E-state index in [1.165, 1.54) is 12.1 Å². The molecule has 0 unspecified atom stereocenters. The number of carbonyl (C=O) groups excluding carboxylic acids is 2. The number of halogens is 1. The van der Waals surface area contributed by atoms with Gasteiger partial charge in [0.2, 0.25) is 0 Å². The Bertz CT molecular complexity index is 832. The van der Waals surface area contributed by atoms with Crippen LogP contribution in [0.15, 0.2) is 34.9 Å². The second kappa shape index (κ2) is 8.68. The van der Waals surface area contributed by atoms with Crippen molar-refractivity contribution >= 4 is 33.3 Å². The highest BCUT2D eigenvalue weighted by Gasteiger charge is 2.21. The van der Waals surface area contributed by atoms with Gasteiger partial charge in [0.25, 0.3) is 5.91 Å². The molecule has 0 heterocycles. The molecule has 1 aliphatic rings. The fourth-order valence-corrected chi connectivity index (χ4v) is 3.62. The number of rotatable bonds is 6. The molecule has 0 bridgehead atoms. The Labute approximate surface area is 158 Å². The van der Waals surface area contributed by atoms with Crippen LogP contribution in [0.1, 0.15) is 43.0 Å². The SMILES string of the molecule is CCN(C(=O)COC(=O)c1cc(S(C)(=O)=O)ccc1Cl)C1=CCCCC1. The Morgan fingerprint density at radius 1 is 1.27 bits per heavy atom. The quantitative estimate of drug-likeness (QED) is 0.686. The third-order valence-corrected chi connectivity index (χ3v) is 5.58. The molecule has 142 valence electrons. The highest BCUT2D eigenvalue weighted by atomic mass is 35.5. The van der Waals surface area contributed by atoms with Crippen LogP contribution in [0.2, 0.25) is 5.02 Å². The predicted octanol–water partition coefficient (Wildman–Crippen LogP) is 3.21. The molecule has 1 amide bonds. The summed E-state index contributed by atoms with van der Waals surface area (Å²) in [6, 6.07) is 3.79. The van der Waals surface area contributed by atoms with Crippen LogP contribution in [-0.2, 0) is 19.4 Å². The Morgan fingerprint density at radius 2 is 2.00 bits per heavy atom. The molecule has 0 saturated carbocycles. The smallest absolute Gasteiger partial charge is 0.340 e. The highest BCUT2D eigenvalue weighted by Crippen LogP contribution is 2.23. The monoisotopic (exact) mass is 399 g/mol. The number of benzene rings is 1. The van der Waals surface area contributed by atoms with Crippen LogP contribution in [0.5, 0.6) is 0 Å². The van der Waals surface area contributed by atoms with E-state index in [-0.39, 0.29) is 21.4 Å². The van der Waals surface area contributed by atoms with Gasteiger partial charge in [-0.1, -0.05) is 17.7 Å². The van der Waals surface area contributed by atoms with E-state index < -0.39 is 22.4 Å². The topological polar surface area (TPSA) is 80.8 Å². The van der Waals surface area contributed by atoms with Gasteiger partial charge in [-0.2, -0.15) is 0 Å². The molecule has 0 N–H and O–H groups in total. The number of carbonyl (C=O) groups is 2. The van der Waals surface area contributed by atoms with Crippen LogP contribution in [0.3, 0.4) is 0 Å². The maximum absolute atomic E-state index is 12.4. The van der Waals surface area contributed by atoms with Crippen LogP contribution in [-0.4, -0.2) is 44.6 Å². The number of hydrogen-bond donors (Lipinski definition) is 0. The molecule has 1 aromatic rings. The maximum Gasteiger partial charge on any atom is 0.340 e. The fourth-order valence-electron chi connectivity index (χ4n) is 2.78. The first-order chi connectivity index (χ1) is 12.2. The second-order valence-corrected chi connectivity index (χ2v) is 8.49. The number of hydrogen-bond acceptors (Lipinski definition) is 5. The van der Waals surface area contributed by atoms with Crippen molar-refractivity contribution in [3.63, 3.8) is 0 Å². The van der Waals surface area contributed by atoms with E-state index in [1.54, 1.807) is 4.90 Å². The van der Waals surface area contributed by atoms with E-state index in [2.05, 4.69) is 0 Å². The van der Waals surface area contributed by atoms with Crippen molar-refractivity contribution < 1.29 is 22.7 Å². The molecular weight excluding hydrogens is 378 g/mol. The van der Waals surface area contributed by atoms with E-state index >= 15 is 0 Å². The van der Waals surface area contributed by atoms with Gasteiger partial charge in [-0.3, -0.25) is 4.79 Å². The van der Waals surface area contributed by atoms with Crippen molar-refractivity contribution in [3.05, 3.63) is 40.6 Å². The van der Waals surface area contributed by atoms with E-state index in [9.17, 15) is 18.0 Å². The summed E-state index contributed by atoms with van der Waals surface area (Å²) >= 11 is 5.97. The molecule has 0 atom stereocenters. The third-order valence-electron chi connectivity index (χ3n) is 4.14. The lowest BCUT2D eigenvalue weighted by molar-refractivity contribution is -0.132. The van der Waals surface area contributed by atoms with Crippen LogP contribution < -0.4 is 0 Å². The number of nitrogens with zero attached hydrogens (tertiary/aromatic N) is 1. The van der Waals surface area contributed by atoms with Gasteiger partial charge in [0.15, 0.2) is 16.4 Å². The maximum atomic E-state index is 12.4. The van der Waals surface area contributed by atoms with Gasteiger partial charge < -0.3 is 9.64 Å². The van der Waals surface area contributed by atoms with Crippen LogP contribution in [0.4, 0.5) is 0 Å². The van der Waals surface area contributed by atoms with Gasteiger partial charge in [0, 0.05) is 18.5 Å². The normalized spacial score (nSPS) is 14.5. The van der Waals surface area contributed by atoms with E-state index in [1.807, 2.05) is 13.0 Å². The summed E-state index contributed by atoms with van der Waals surface area (Å²) in [6.07, 6.45) is 6.98. The summed E-state index contributed by atoms with van der Waals surface area (Å²) in [6.45, 7) is 1.93. The molecule has 0 aliphatic heterocycles. The Balaban J connectivity index is 2.08. The lowest BCUT2D eigenvalue weighted by Gasteiger charge is -2.26. The first-order valence-corrected chi connectivity index (χ1v) is 10.7. The second-order valence-electron chi connectivity index (χ2n) is 6.07. The molecule has 26 heavy (non-hydrogen) atoms. The minimum Gasteiger partial charge on any atom is -0.452 e. The molecule has 1 aliphatic carbocycles. The van der Waals surface area contributed by atoms with Crippen molar-refractivity contribution in [2.45, 2.75) is 37.5 Å². The van der Waals surface area contributed by atoms with Crippen molar-refractivity contribution in [2.75, 3.05) is 19.4 Å². The Kier molecular flexibility index (Phi) is 6.83. The average Bonchev–Trinajstić information content (AvgIpc) is 2.60. The lowest BCUT2D eigenvalue weighted by atomic mass is 10.0. The molecule has 0 aromatic heterocycles. The standard InChI is InChI=1S/C18H22ClNO5S/c1-3-20(13-7-5-4-6-8-13)17(21)12-25-18(22)15-11-14(26(2,23)24)9-10-16(15)19/h7,9-11H,3-6,8,12H2,1-2H3. The van der Waals surface area contributed by atoms with Gasteiger partial charge in [-0.05, 0) is 50.8 Å². The van der Waals surface area contributed by atoms with E-state index in [0.29, 0.717) is 6.54 Å². The zero-order valence-corrected chi connectivity index (χ0v) is 16.4. The molecule has 8 heteroatoms. The van der Waals surface area contributed by atoms with Crippen molar-refractivity contribution in [3.8, 4) is 0 Å². The summed E-state index contributed by atoms with van der Waals surface area (Å²) in [7, 11) is -3.49. The first kappa shape index (κ1) is 20.5. The minimum absolute atomic E-state index is 0.0391. The summed E-state index contributed by atoms with van der Waals surface area (Å²) in [5.41, 5.74) is 0.874. The zero-order valence-electron chi connectivity index (χ0n) is 14.8.